The highest BCUT2D eigenvalue weighted by atomic mass is 15.2. The second-order valence-electron chi connectivity index (χ2n) is 5.75. The van der Waals surface area contributed by atoms with Gasteiger partial charge in [-0.3, -0.25) is 4.98 Å². The van der Waals surface area contributed by atoms with Crippen molar-refractivity contribution in [2.24, 2.45) is 0 Å². The zero-order valence-corrected chi connectivity index (χ0v) is 13.9. The van der Waals surface area contributed by atoms with E-state index in [1.54, 1.807) is 0 Å². The molecular weight excluding hydrogens is 272 g/mol. The van der Waals surface area contributed by atoms with Gasteiger partial charge in [-0.1, -0.05) is 26.0 Å². The first-order valence-corrected chi connectivity index (χ1v) is 8.29. The Hall–Kier alpha value is -1.97. The van der Waals surface area contributed by atoms with Crippen molar-refractivity contribution >= 4 is 16.7 Å². The van der Waals surface area contributed by atoms with E-state index in [0.29, 0.717) is 6.04 Å². The molecule has 0 radical (unpaired) electrons. The van der Waals surface area contributed by atoms with Crippen molar-refractivity contribution in [3.05, 3.63) is 35.4 Å². The molecule has 1 unspecified atom stereocenters. The largest absolute Gasteiger partial charge is 0.349 e. The lowest BCUT2D eigenvalue weighted by molar-refractivity contribution is 0.558. The first kappa shape index (κ1) is 14.9. The van der Waals surface area contributed by atoms with Crippen LogP contribution in [0.3, 0.4) is 0 Å². The van der Waals surface area contributed by atoms with Crippen LogP contribution in [0.1, 0.15) is 43.9 Å². The predicted molar refractivity (Wildman–Crippen MR) is 91.4 cm³/mol. The number of aryl methyl sites for hydroxylation is 3. The SMILES string of the molecule is CC.Cc1cc2nc(C)nc3c2c(n1)CCC1CC=CCN31. The Balaban J connectivity index is 0.000000693. The standard InChI is InChI=1S/C16H18N4.C2H6/c1-10-9-14-15-13(17-10)7-6-12-5-3-4-8-20(12)16(15)19-11(2)18-14;1-2/h3-4,9,12H,5-8H2,1-2H3;1-2H3. The molecule has 0 aliphatic carbocycles. The molecule has 0 saturated heterocycles. The van der Waals surface area contributed by atoms with Crippen molar-refractivity contribution in [3.63, 3.8) is 0 Å². The number of hydrogen-bond donors (Lipinski definition) is 0. The van der Waals surface area contributed by atoms with Crippen LogP contribution in [-0.4, -0.2) is 27.5 Å². The molecule has 4 heterocycles. The van der Waals surface area contributed by atoms with Crippen LogP contribution in [0.5, 0.6) is 0 Å². The Morgan fingerprint density at radius 1 is 1.09 bits per heavy atom. The van der Waals surface area contributed by atoms with Crippen LogP contribution in [0.25, 0.3) is 10.9 Å². The molecule has 2 aliphatic heterocycles. The molecular formula is C18H24N4. The Kier molecular flexibility index (Phi) is 4.10. The third-order valence-electron chi connectivity index (χ3n) is 4.28. The fraction of sp³-hybridized carbons (Fsp3) is 0.500. The molecule has 0 saturated carbocycles. The maximum absolute atomic E-state index is 4.75. The summed E-state index contributed by atoms with van der Waals surface area (Å²) in [6.07, 6.45) is 7.81. The second-order valence-corrected chi connectivity index (χ2v) is 5.75. The third-order valence-corrected chi connectivity index (χ3v) is 4.28. The van der Waals surface area contributed by atoms with Gasteiger partial charge < -0.3 is 4.90 Å². The van der Waals surface area contributed by atoms with Crippen molar-refractivity contribution in [2.45, 2.75) is 53.0 Å². The van der Waals surface area contributed by atoms with Gasteiger partial charge in [0.2, 0.25) is 0 Å². The van der Waals surface area contributed by atoms with E-state index in [2.05, 4.69) is 28.1 Å². The molecule has 0 aromatic carbocycles. The molecule has 4 rings (SSSR count). The van der Waals surface area contributed by atoms with Crippen molar-refractivity contribution in [3.8, 4) is 0 Å². The average molecular weight is 296 g/mol. The first-order chi connectivity index (χ1) is 10.7. The lowest BCUT2D eigenvalue weighted by Crippen LogP contribution is -2.37. The highest BCUT2D eigenvalue weighted by Crippen LogP contribution is 2.35. The zero-order valence-electron chi connectivity index (χ0n) is 13.9. The van der Waals surface area contributed by atoms with Crippen LogP contribution in [0.15, 0.2) is 18.2 Å². The van der Waals surface area contributed by atoms with Gasteiger partial charge in [-0.25, -0.2) is 9.97 Å². The maximum atomic E-state index is 4.75. The van der Waals surface area contributed by atoms with Gasteiger partial charge in [-0.05, 0) is 39.2 Å². The number of rotatable bonds is 0. The molecule has 0 N–H and O–H groups in total. The number of hydrogen-bond acceptors (Lipinski definition) is 4. The second kappa shape index (κ2) is 6.03. The highest BCUT2D eigenvalue weighted by Gasteiger charge is 2.28. The van der Waals surface area contributed by atoms with Crippen molar-refractivity contribution in [2.75, 3.05) is 11.4 Å². The van der Waals surface area contributed by atoms with E-state index >= 15 is 0 Å². The summed E-state index contributed by atoms with van der Waals surface area (Å²) in [5.41, 5.74) is 3.27. The number of fused-ring (bicyclic) bond motifs is 2. The minimum atomic E-state index is 0.548. The molecule has 22 heavy (non-hydrogen) atoms. The molecule has 4 heteroatoms. The summed E-state index contributed by atoms with van der Waals surface area (Å²) in [5.74, 6) is 1.93. The summed E-state index contributed by atoms with van der Waals surface area (Å²) in [6, 6.07) is 2.63. The molecule has 2 aliphatic rings. The number of nitrogens with zero attached hydrogens (tertiary/aromatic N) is 4. The van der Waals surface area contributed by atoms with E-state index in [1.807, 2.05) is 27.7 Å². The van der Waals surface area contributed by atoms with Crippen LogP contribution in [-0.2, 0) is 6.42 Å². The Morgan fingerprint density at radius 3 is 2.73 bits per heavy atom. The quantitative estimate of drug-likeness (QED) is 0.694. The van der Waals surface area contributed by atoms with Crippen molar-refractivity contribution < 1.29 is 0 Å². The molecule has 0 bridgehead atoms. The highest BCUT2D eigenvalue weighted by molar-refractivity contribution is 5.92. The molecule has 0 fully saturated rings. The monoisotopic (exact) mass is 296 g/mol. The predicted octanol–water partition coefficient (Wildman–Crippen LogP) is 3.75. The van der Waals surface area contributed by atoms with Gasteiger partial charge in [0, 0.05) is 18.3 Å². The molecule has 0 spiro atoms. The summed E-state index contributed by atoms with van der Waals surface area (Å²) in [4.78, 5) is 16.6. The van der Waals surface area contributed by atoms with E-state index in [4.69, 9.17) is 9.97 Å². The Bertz CT molecular complexity index is 715. The molecule has 4 nitrogen and oxygen atoms in total. The van der Waals surface area contributed by atoms with Gasteiger partial charge in [-0.15, -0.1) is 0 Å². The van der Waals surface area contributed by atoms with Crippen molar-refractivity contribution in [1.29, 1.82) is 0 Å². The van der Waals surface area contributed by atoms with E-state index in [9.17, 15) is 0 Å². The average Bonchev–Trinajstić information content (AvgIpc) is 2.68. The summed E-state index contributed by atoms with van der Waals surface area (Å²) < 4.78 is 0. The van der Waals surface area contributed by atoms with Crippen molar-refractivity contribution in [1.82, 2.24) is 15.0 Å². The maximum Gasteiger partial charge on any atom is 0.142 e. The van der Waals surface area contributed by atoms with Gasteiger partial charge in [0.25, 0.3) is 0 Å². The number of pyridine rings is 1. The van der Waals surface area contributed by atoms with Crippen LogP contribution >= 0.6 is 0 Å². The fourth-order valence-corrected chi connectivity index (χ4v) is 3.40. The van der Waals surface area contributed by atoms with E-state index in [0.717, 1.165) is 48.7 Å². The van der Waals surface area contributed by atoms with Gasteiger partial charge in [-0.2, -0.15) is 0 Å². The van der Waals surface area contributed by atoms with Crippen LogP contribution < -0.4 is 4.90 Å². The fourth-order valence-electron chi connectivity index (χ4n) is 3.40. The van der Waals surface area contributed by atoms with Gasteiger partial charge in [0.05, 0.1) is 16.6 Å². The van der Waals surface area contributed by atoms with Gasteiger partial charge in [0.15, 0.2) is 0 Å². The van der Waals surface area contributed by atoms with E-state index < -0.39 is 0 Å². The molecule has 0 amide bonds. The Labute approximate surface area is 132 Å². The lowest BCUT2D eigenvalue weighted by Gasteiger charge is -2.33. The minimum absolute atomic E-state index is 0.548. The van der Waals surface area contributed by atoms with Crippen LogP contribution in [0, 0.1) is 13.8 Å². The minimum Gasteiger partial charge on any atom is -0.349 e. The Morgan fingerprint density at radius 2 is 1.91 bits per heavy atom. The normalized spacial score (nSPS) is 19.3. The van der Waals surface area contributed by atoms with Crippen LogP contribution in [0.4, 0.5) is 5.82 Å². The van der Waals surface area contributed by atoms with Crippen LogP contribution in [0.2, 0.25) is 0 Å². The summed E-state index contributed by atoms with van der Waals surface area (Å²) >= 11 is 0. The molecule has 2 aromatic heterocycles. The van der Waals surface area contributed by atoms with Gasteiger partial charge in [0.1, 0.15) is 11.6 Å². The molecule has 116 valence electrons. The summed E-state index contributed by atoms with van der Waals surface area (Å²) in [7, 11) is 0. The smallest absolute Gasteiger partial charge is 0.142 e. The van der Waals surface area contributed by atoms with E-state index in [1.165, 1.54) is 11.1 Å². The zero-order chi connectivity index (χ0) is 15.7. The lowest BCUT2D eigenvalue weighted by atomic mass is 10.0. The number of anilines is 1. The molecule has 1 atom stereocenters. The summed E-state index contributed by atoms with van der Waals surface area (Å²) in [6.45, 7) is 8.97. The number of aromatic nitrogens is 3. The first-order valence-electron chi connectivity index (χ1n) is 8.29. The summed E-state index contributed by atoms with van der Waals surface area (Å²) in [5, 5.41) is 1.17. The topological polar surface area (TPSA) is 41.9 Å². The third kappa shape index (κ3) is 2.47. The van der Waals surface area contributed by atoms with Gasteiger partial charge >= 0.3 is 0 Å². The molecule has 2 aromatic rings. The van der Waals surface area contributed by atoms with E-state index in [-0.39, 0.29) is 0 Å².